The molecule has 240 valence electrons. The number of anilines is 1. The number of para-hydroxylation sites is 1. The zero-order valence-electron chi connectivity index (χ0n) is 26.1. The molecule has 6 rings (SSSR count). The van der Waals surface area contributed by atoms with Gasteiger partial charge in [0.2, 0.25) is 11.8 Å². The van der Waals surface area contributed by atoms with Crippen LogP contribution in [0.3, 0.4) is 0 Å². The summed E-state index contributed by atoms with van der Waals surface area (Å²) in [6, 6.07) is 19.9. The fourth-order valence-electron chi connectivity index (χ4n) is 6.91. The van der Waals surface area contributed by atoms with E-state index in [0.29, 0.717) is 54.5 Å². The van der Waals surface area contributed by atoms with E-state index in [0.717, 1.165) is 40.7 Å². The van der Waals surface area contributed by atoms with Crippen molar-refractivity contribution < 1.29 is 14.4 Å². The largest absolute Gasteiger partial charge is 0.361 e. The first kappa shape index (κ1) is 32.1. The number of likely N-dealkylation sites (tertiary alicyclic amines) is 1. The van der Waals surface area contributed by atoms with E-state index < -0.39 is 6.04 Å². The van der Waals surface area contributed by atoms with Crippen molar-refractivity contribution in [2.24, 2.45) is 11.8 Å². The number of amides is 3. The summed E-state index contributed by atoms with van der Waals surface area (Å²) in [5.41, 5.74) is 4.29. The van der Waals surface area contributed by atoms with Crippen molar-refractivity contribution >= 4 is 57.5 Å². The topological polar surface area (TPSA) is 88.8 Å². The van der Waals surface area contributed by atoms with Gasteiger partial charge in [-0.1, -0.05) is 53.5 Å². The molecule has 1 unspecified atom stereocenters. The van der Waals surface area contributed by atoms with Crippen molar-refractivity contribution in [3.05, 3.63) is 99.7 Å². The zero-order chi connectivity index (χ0) is 32.4. The molecule has 8 nitrogen and oxygen atoms in total. The molecule has 1 aromatic heterocycles. The summed E-state index contributed by atoms with van der Waals surface area (Å²) in [5, 5.41) is 5.25. The molecule has 0 radical (unpaired) electrons. The number of hydrogen-bond acceptors (Lipinski definition) is 4. The van der Waals surface area contributed by atoms with E-state index in [9.17, 15) is 14.4 Å². The van der Waals surface area contributed by atoms with Gasteiger partial charge in [0, 0.05) is 66.3 Å². The summed E-state index contributed by atoms with van der Waals surface area (Å²) in [6.45, 7) is 2.25. The number of hydrogen-bond donors (Lipinski definition) is 2. The Kier molecular flexibility index (Phi) is 9.68. The second kappa shape index (κ2) is 13.9. The Bertz CT molecular complexity index is 1750. The van der Waals surface area contributed by atoms with Crippen LogP contribution in [0.25, 0.3) is 10.9 Å². The van der Waals surface area contributed by atoms with Crippen LogP contribution in [0.15, 0.2) is 72.9 Å². The Hall–Kier alpha value is -3.85. The lowest BCUT2D eigenvalue weighted by Gasteiger charge is -2.38. The van der Waals surface area contributed by atoms with Gasteiger partial charge in [0.05, 0.1) is 10.6 Å². The van der Waals surface area contributed by atoms with Crippen LogP contribution in [0, 0.1) is 11.8 Å². The minimum absolute atomic E-state index is 0.131. The van der Waals surface area contributed by atoms with Gasteiger partial charge in [0.25, 0.3) is 5.91 Å². The van der Waals surface area contributed by atoms with Gasteiger partial charge in [-0.05, 0) is 86.8 Å². The van der Waals surface area contributed by atoms with Crippen molar-refractivity contribution in [3.63, 3.8) is 0 Å². The third-order valence-electron chi connectivity index (χ3n) is 9.14. The van der Waals surface area contributed by atoms with Crippen LogP contribution in [0.2, 0.25) is 10.0 Å². The Morgan fingerprint density at radius 3 is 2.50 bits per heavy atom. The number of aromatic nitrogens is 1. The molecule has 3 aromatic carbocycles. The maximum Gasteiger partial charge on any atom is 0.255 e. The summed E-state index contributed by atoms with van der Waals surface area (Å²) in [4.78, 5) is 50.6. The van der Waals surface area contributed by atoms with E-state index in [1.54, 1.807) is 29.2 Å². The number of benzene rings is 3. The Balaban J connectivity index is 1.23. The van der Waals surface area contributed by atoms with Crippen molar-refractivity contribution in [2.45, 2.75) is 31.7 Å². The highest BCUT2D eigenvalue weighted by atomic mass is 35.5. The van der Waals surface area contributed by atoms with Gasteiger partial charge in [-0.3, -0.25) is 14.4 Å². The zero-order valence-corrected chi connectivity index (χ0v) is 27.7. The van der Waals surface area contributed by atoms with Crippen molar-refractivity contribution in [1.82, 2.24) is 20.1 Å². The van der Waals surface area contributed by atoms with Gasteiger partial charge < -0.3 is 25.0 Å². The number of nitrogens with one attached hydrogen (secondary N) is 2. The van der Waals surface area contributed by atoms with Crippen LogP contribution in [0.5, 0.6) is 0 Å². The molecule has 1 saturated heterocycles. The molecule has 4 aromatic rings. The molecular weight excluding hydrogens is 621 g/mol. The van der Waals surface area contributed by atoms with Crippen LogP contribution in [0.1, 0.15) is 34.3 Å². The number of H-pyrrole nitrogens is 1. The number of fused-ring (bicyclic) bond motifs is 2. The summed E-state index contributed by atoms with van der Waals surface area (Å²) >= 11 is 12.7. The first-order valence-electron chi connectivity index (χ1n) is 15.8. The number of halogens is 2. The number of piperidine rings is 1. The fraction of sp³-hybridized carbons (Fsp3) is 0.361. The number of rotatable bonds is 8. The van der Waals surface area contributed by atoms with Gasteiger partial charge in [-0.15, -0.1) is 0 Å². The molecular formula is C36H39Cl2N5O3. The molecule has 2 aliphatic rings. The lowest BCUT2D eigenvalue weighted by molar-refractivity contribution is -0.131. The molecule has 46 heavy (non-hydrogen) atoms. The van der Waals surface area contributed by atoms with Crippen LogP contribution >= 0.6 is 23.2 Å². The highest BCUT2D eigenvalue weighted by molar-refractivity contribution is 6.33. The Labute approximate surface area is 279 Å². The highest BCUT2D eigenvalue weighted by Crippen LogP contribution is 2.33. The van der Waals surface area contributed by atoms with E-state index >= 15 is 0 Å². The number of aromatic amines is 1. The molecule has 10 heteroatoms. The molecule has 0 aliphatic carbocycles. The normalized spacial score (nSPS) is 17.6. The molecule has 2 atom stereocenters. The average Bonchev–Trinajstić information content (AvgIpc) is 3.46. The fourth-order valence-corrected chi connectivity index (χ4v) is 7.32. The smallest absolute Gasteiger partial charge is 0.255 e. The monoisotopic (exact) mass is 659 g/mol. The maximum atomic E-state index is 14.6. The summed E-state index contributed by atoms with van der Waals surface area (Å²) in [7, 11) is 4.07. The molecule has 2 N–H and O–H groups in total. The SMILES string of the molecule is CN(C)CC1Cc2cc(Cl)ccc2N(C(=O)[C@@H](Cc2c[nH]c3ccccc23)NC(=O)C2CCN(C(=O)c3ccccc3Cl)CC2)C1. The minimum atomic E-state index is -0.781. The van der Waals surface area contributed by atoms with Gasteiger partial charge in [0.1, 0.15) is 6.04 Å². The van der Waals surface area contributed by atoms with Crippen LogP contribution < -0.4 is 10.2 Å². The standard InChI is InChI=1S/C36H39Cl2N5O3/c1-41(2)21-23-17-25-18-27(37)11-12-33(25)43(22-23)36(46)32(19-26-20-39-31-10-6-4-7-28(26)31)40-34(44)24-13-15-42(16-14-24)35(45)29-8-3-5-9-30(29)38/h3-12,18,20,23-24,32,39H,13-17,19,21-22H2,1-2H3,(H,40,44)/t23?,32-/m1/s1. The summed E-state index contributed by atoms with van der Waals surface area (Å²) in [5.74, 6) is -0.539. The average molecular weight is 661 g/mol. The maximum absolute atomic E-state index is 14.6. The molecule has 3 heterocycles. The molecule has 3 amide bonds. The van der Waals surface area contributed by atoms with Gasteiger partial charge in [-0.2, -0.15) is 0 Å². The van der Waals surface area contributed by atoms with E-state index in [-0.39, 0.29) is 29.6 Å². The van der Waals surface area contributed by atoms with Gasteiger partial charge in [0.15, 0.2) is 0 Å². The summed E-state index contributed by atoms with van der Waals surface area (Å²) in [6.07, 6.45) is 4.10. The third kappa shape index (κ3) is 6.94. The lowest BCUT2D eigenvalue weighted by atomic mass is 9.90. The van der Waals surface area contributed by atoms with Crippen LogP contribution in [0.4, 0.5) is 5.69 Å². The third-order valence-corrected chi connectivity index (χ3v) is 9.71. The van der Waals surface area contributed by atoms with Crippen LogP contribution in [-0.4, -0.2) is 78.8 Å². The van der Waals surface area contributed by atoms with E-state index in [2.05, 4.69) is 15.2 Å². The Morgan fingerprint density at radius 2 is 1.74 bits per heavy atom. The molecule has 2 aliphatic heterocycles. The highest BCUT2D eigenvalue weighted by Gasteiger charge is 2.36. The van der Waals surface area contributed by atoms with Crippen LogP contribution in [-0.2, 0) is 22.4 Å². The molecule has 1 fully saturated rings. The molecule has 0 saturated carbocycles. The second-order valence-electron chi connectivity index (χ2n) is 12.7. The van der Waals surface area contributed by atoms with Crippen molar-refractivity contribution in [3.8, 4) is 0 Å². The molecule has 0 spiro atoms. The van der Waals surface area contributed by atoms with E-state index in [1.165, 1.54) is 0 Å². The number of carbonyl (C=O) groups is 3. The minimum Gasteiger partial charge on any atom is -0.361 e. The predicted octanol–water partition coefficient (Wildman–Crippen LogP) is 5.82. The first-order valence-corrected chi connectivity index (χ1v) is 16.6. The van der Waals surface area contributed by atoms with Gasteiger partial charge in [-0.25, -0.2) is 0 Å². The van der Waals surface area contributed by atoms with E-state index in [4.69, 9.17) is 23.2 Å². The Morgan fingerprint density at radius 1 is 1.00 bits per heavy atom. The summed E-state index contributed by atoms with van der Waals surface area (Å²) < 4.78 is 0. The first-order chi connectivity index (χ1) is 22.2. The number of nitrogens with zero attached hydrogens (tertiary/aromatic N) is 3. The predicted molar refractivity (Wildman–Crippen MR) is 184 cm³/mol. The van der Waals surface area contributed by atoms with E-state index in [1.807, 2.05) is 67.7 Å². The lowest BCUT2D eigenvalue weighted by Crippen LogP contribution is -2.54. The quantitative estimate of drug-likeness (QED) is 0.249. The second-order valence-corrected chi connectivity index (χ2v) is 13.6. The van der Waals surface area contributed by atoms with Crippen molar-refractivity contribution in [1.29, 1.82) is 0 Å². The number of carbonyl (C=O) groups excluding carboxylic acids is 3. The van der Waals surface area contributed by atoms with Crippen molar-refractivity contribution in [2.75, 3.05) is 45.2 Å². The van der Waals surface area contributed by atoms with Gasteiger partial charge >= 0.3 is 0 Å². The molecule has 0 bridgehead atoms.